The van der Waals surface area contributed by atoms with Crippen molar-refractivity contribution in [2.45, 2.75) is 11.8 Å². The lowest BCUT2D eigenvalue weighted by Gasteiger charge is -2.37. The number of piperazine rings is 1. The van der Waals surface area contributed by atoms with E-state index in [1.165, 1.54) is 12.1 Å². The summed E-state index contributed by atoms with van der Waals surface area (Å²) in [5.41, 5.74) is 2.18. The highest BCUT2D eigenvalue weighted by Crippen LogP contribution is 2.28. The molecule has 1 aliphatic rings. The standard InChI is InChI=1S/C25H25Cl2N3O3S/c1-19-10-11-22(17-24(19)27)30(34(32,33)23-8-3-2-4-9-23)18-25(31)29-14-12-28(13-15-29)21-7-5-6-20(26)16-21/h2-11,16-17H,12-15,18H2,1H3. The molecule has 1 aliphatic heterocycles. The highest BCUT2D eigenvalue weighted by atomic mass is 35.5. The molecule has 34 heavy (non-hydrogen) atoms. The molecule has 0 bridgehead atoms. The first kappa shape index (κ1) is 24.4. The van der Waals surface area contributed by atoms with E-state index in [1.54, 1.807) is 41.3 Å². The maximum atomic E-state index is 13.5. The molecule has 0 saturated carbocycles. The quantitative estimate of drug-likeness (QED) is 0.469. The Morgan fingerprint density at radius 3 is 2.26 bits per heavy atom. The third-order valence-electron chi connectivity index (χ3n) is 5.86. The Bertz CT molecular complexity index is 1280. The smallest absolute Gasteiger partial charge is 0.264 e. The van der Waals surface area contributed by atoms with Crippen LogP contribution in [0.25, 0.3) is 0 Å². The van der Waals surface area contributed by atoms with Crippen LogP contribution in [-0.2, 0) is 14.8 Å². The van der Waals surface area contributed by atoms with Crippen molar-refractivity contribution < 1.29 is 13.2 Å². The van der Waals surface area contributed by atoms with Gasteiger partial charge in [-0.25, -0.2) is 8.42 Å². The Kier molecular flexibility index (Phi) is 7.36. The molecule has 1 heterocycles. The second-order valence-corrected chi connectivity index (χ2v) is 10.8. The molecular formula is C25H25Cl2N3O3S. The average Bonchev–Trinajstić information content (AvgIpc) is 2.85. The first-order valence-electron chi connectivity index (χ1n) is 10.9. The van der Waals surface area contributed by atoms with Gasteiger partial charge in [-0.15, -0.1) is 0 Å². The molecule has 1 amide bonds. The third kappa shape index (κ3) is 5.32. The van der Waals surface area contributed by atoms with E-state index in [0.29, 0.717) is 41.9 Å². The van der Waals surface area contributed by atoms with Crippen LogP contribution in [0.3, 0.4) is 0 Å². The normalized spacial score (nSPS) is 14.2. The third-order valence-corrected chi connectivity index (χ3v) is 8.29. The van der Waals surface area contributed by atoms with Crippen LogP contribution in [0.5, 0.6) is 0 Å². The fraction of sp³-hybridized carbons (Fsp3) is 0.240. The van der Waals surface area contributed by atoms with Gasteiger partial charge in [-0.05, 0) is 55.0 Å². The van der Waals surface area contributed by atoms with Gasteiger partial charge in [0.2, 0.25) is 5.91 Å². The van der Waals surface area contributed by atoms with Crippen LogP contribution in [0.2, 0.25) is 10.0 Å². The van der Waals surface area contributed by atoms with E-state index < -0.39 is 10.0 Å². The summed E-state index contributed by atoms with van der Waals surface area (Å²) in [6.45, 7) is 3.76. The fourth-order valence-electron chi connectivity index (χ4n) is 3.88. The molecule has 0 spiro atoms. The number of carbonyl (C=O) groups excluding carboxylic acids is 1. The zero-order valence-electron chi connectivity index (χ0n) is 18.7. The van der Waals surface area contributed by atoms with Gasteiger partial charge >= 0.3 is 0 Å². The largest absolute Gasteiger partial charge is 0.368 e. The first-order valence-corrected chi connectivity index (χ1v) is 13.1. The van der Waals surface area contributed by atoms with Crippen LogP contribution in [-0.4, -0.2) is 51.9 Å². The predicted octanol–water partition coefficient (Wildman–Crippen LogP) is 4.85. The highest BCUT2D eigenvalue weighted by Gasteiger charge is 2.30. The maximum Gasteiger partial charge on any atom is 0.264 e. The number of halogens is 2. The van der Waals surface area contributed by atoms with Crippen LogP contribution >= 0.6 is 23.2 Å². The lowest BCUT2D eigenvalue weighted by atomic mass is 10.2. The number of carbonyl (C=O) groups is 1. The minimum atomic E-state index is -3.97. The van der Waals surface area contributed by atoms with Crippen molar-refractivity contribution in [2.75, 3.05) is 41.9 Å². The molecule has 3 aromatic rings. The number of hydrogen-bond donors (Lipinski definition) is 0. The number of rotatable bonds is 6. The highest BCUT2D eigenvalue weighted by molar-refractivity contribution is 7.92. The van der Waals surface area contributed by atoms with Gasteiger partial charge in [-0.3, -0.25) is 9.10 Å². The summed E-state index contributed by atoms with van der Waals surface area (Å²) in [5, 5.41) is 1.10. The lowest BCUT2D eigenvalue weighted by molar-refractivity contribution is -0.129. The Hall–Kier alpha value is -2.74. The van der Waals surface area contributed by atoms with Crippen molar-refractivity contribution in [3.8, 4) is 0 Å². The average molecular weight is 518 g/mol. The zero-order valence-corrected chi connectivity index (χ0v) is 21.0. The molecule has 0 atom stereocenters. The van der Waals surface area contributed by atoms with Crippen molar-refractivity contribution in [1.29, 1.82) is 0 Å². The van der Waals surface area contributed by atoms with Crippen molar-refractivity contribution in [2.24, 2.45) is 0 Å². The van der Waals surface area contributed by atoms with Gasteiger partial charge in [-0.1, -0.05) is 53.5 Å². The molecule has 1 fully saturated rings. The number of benzene rings is 3. The van der Waals surface area contributed by atoms with Gasteiger partial charge in [0.25, 0.3) is 10.0 Å². The molecule has 1 saturated heterocycles. The molecule has 3 aromatic carbocycles. The van der Waals surface area contributed by atoms with Crippen molar-refractivity contribution in [3.63, 3.8) is 0 Å². The van der Waals surface area contributed by atoms with Crippen LogP contribution in [0, 0.1) is 6.92 Å². The minimum Gasteiger partial charge on any atom is -0.368 e. The lowest BCUT2D eigenvalue weighted by Crippen LogP contribution is -2.52. The fourth-order valence-corrected chi connectivity index (χ4v) is 5.67. The van der Waals surface area contributed by atoms with E-state index >= 15 is 0 Å². The molecule has 4 rings (SSSR count). The number of anilines is 2. The van der Waals surface area contributed by atoms with E-state index in [4.69, 9.17) is 23.2 Å². The van der Waals surface area contributed by atoms with Gasteiger partial charge in [0.05, 0.1) is 10.6 Å². The van der Waals surface area contributed by atoms with Crippen molar-refractivity contribution >= 4 is 50.5 Å². The predicted molar refractivity (Wildman–Crippen MR) is 137 cm³/mol. The summed E-state index contributed by atoms with van der Waals surface area (Å²) in [7, 11) is -3.97. The summed E-state index contributed by atoms with van der Waals surface area (Å²) in [5.74, 6) is -0.262. The molecule has 0 radical (unpaired) electrons. The summed E-state index contributed by atoms with van der Waals surface area (Å²) >= 11 is 12.4. The number of amides is 1. The Labute approximate surface area is 210 Å². The number of nitrogens with zero attached hydrogens (tertiary/aromatic N) is 3. The van der Waals surface area contributed by atoms with Crippen molar-refractivity contribution in [3.05, 3.63) is 88.4 Å². The van der Waals surface area contributed by atoms with E-state index in [0.717, 1.165) is 15.6 Å². The SMILES string of the molecule is Cc1ccc(N(CC(=O)N2CCN(c3cccc(Cl)c3)CC2)S(=O)(=O)c2ccccc2)cc1Cl. The second kappa shape index (κ2) is 10.3. The molecule has 9 heteroatoms. The molecule has 0 unspecified atom stereocenters. The van der Waals surface area contributed by atoms with E-state index in [9.17, 15) is 13.2 Å². The minimum absolute atomic E-state index is 0.116. The molecular weight excluding hydrogens is 493 g/mol. The van der Waals surface area contributed by atoms with Crippen LogP contribution in [0.1, 0.15) is 5.56 Å². The van der Waals surface area contributed by atoms with Crippen LogP contribution in [0.4, 0.5) is 11.4 Å². The monoisotopic (exact) mass is 517 g/mol. The summed E-state index contributed by atoms with van der Waals surface area (Å²) < 4.78 is 28.2. The summed E-state index contributed by atoms with van der Waals surface area (Å²) in [6, 6.07) is 20.7. The number of hydrogen-bond acceptors (Lipinski definition) is 4. The number of aryl methyl sites for hydroxylation is 1. The summed E-state index contributed by atoms with van der Waals surface area (Å²) in [4.78, 5) is 17.2. The van der Waals surface area contributed by atoms with Gasteiger partial charge in [0.1, 0.15) is 6.54 Å². The van der Waals surface area contributed by atoms with Gasteiger partial charge in [0.15, 0.2) is 0 Å². The van der Waals surface area contributed by atoms with E-state index in [2.05, 4.69) is 4.90 Å². The van der Waals surface area contributed by atoms with Gasteiger partial charge in [0, 0.05) is 41.9 Å². The topological polar surface area (TPSA) is 60.9 Å². The molecule has 0 N–H and O–H groups in total. The van der Waals surface area contributed by atoms with Crippen LogP contribution in [0.15, 0.2) is 77.7 Å². The first-order chi connectivity index (χ1) is 16.3. The van der Waals surface area contributed by atoms with Crippen molar-refractivity contribution in [1.82, 2.24) is 4.90 Å². The summed E-state index contributed by atoms with van der Waals surface area (Å²) in [6.07, 6.45) is 0. The van der Waals surface area contributed by atoms with Crippen LogP contribution < -0.4 is 9.21 Å². The maximum absolute atomic E-state index is 13.5. The Morgan fingerprint density at radius 2 is 1.62 bits per heavy atom. The molecule has 178 valence electrons. The van der Waals surface area contributed by atoms with E-state index in [-0.39, 0.29) is 17.3 Å². The van der Waals surface area contributed by atoms with Gasteiger partial charge in [-0.2, -0.15) is 0 Å². The number of sulfonamides is 1. The zero-order chi connectivity index (χ0) is 24.3. The molecule has 0 aliphatic carbocycles. The molecule has 0 aromatic heterocycles. The Balaban J connectivity index is 1.54. The Morgan fingerprint density at radius 1 is 0.912 bits per heavy atom. The molecule has 6 nitrogen and oxygen atoms in total. The van der Waals surface area contributed by atoms with E-state index in [1.807, 2.05) is 31.2 Å². The van der Waals surface area contributed by atoms with Gasteiger partial charge < -0.3 is 9.80 Å². The second-order valence-electron chi connectivity index (χ2n) is 8.11.